The molecule has 2 aliphatic heterocycles. The molecule has 2 heterocycles. The summed E-state index contributed by atoms with van der Waals surface area (Å²) in [6, 6.07) is 14.0. The zero-order valence-electron chi connectivity index (χ0n) is 17.3. The second-order valence-electron chi connectivity index (χ2n) is 8.21. The lowest BCUT2D eigenvalue weighted by molar-refractivity contribution is -0.122. The Hall–Kier alpha value is -2.82. The molecule has 1 atom stereocenters. The summed E-state index contributed by atoms with van der Waals surface area (Å²) >= 11 is 0. The van der Waals surface area contributed by atoms with Crippen LogP contribution in [-0.4, -0.2) is 31.4 Å². The Morgan fingerprint density at radius 1 is 1.03 bits per heavy atom. The first-order valence-corrected chi connectivity index (χ1v) is 10.6. The quantitative estimate of drug-likeness (QED) is 0.846. The summed E-state index contributed by atoms with van der Waals surface area (Å²) < 4.78 is 0. The van der Waals surface area contributed by atoms with Gasteiger partial charge < -0.3 is 15.1 Å². The van der Waals surface area contributed by atoms with Gasteiger partial charge in [-0.3, -0.25) is 9.59 Å². The van der Waals surface area contributed by atoms with Gasteiger partial charge in [0.2, 0.25) is 11.8 Å². The smallest absolute Gasteiger partial charge is 0.229 e. The number of nitrogens with zero attached hydrogens (tertiary/aromatic N) is 2. The SMILES string of the molecule is Cc1cccc(N2CC(C(=O)Nc3cccc(N4CCCCC4)c3)CC2=O)c1C. The molecule has 0 saturated carbocycles. The molecule has 0 aliphatic carbocycles. The van der Waals surface area contributed by atoms with Crippen LogP contribution in [0.4, 0.5) is 17.1 Å². The maximum Gasteiger partial charge on any atom is 0.229 e. The van der Waals surface area contributed by atoms with Gasteiger partial charge in [0.25, 0.3) is 0 Å². The molecule has 1 unspecified atom stereocenters. The first-order valence-electron chi connectivity index (χ1n) is 10.6. The fourth-order valence-corrected chi connectivity index (χ4v) is 4.32. The van der Waals surface area contributed by atoms with E-state index in [9.17, 15) is 9.59 Å². The molecule has 5 heteroatoms. The van der Waals surface area contributed by atoms with Crippen LogP contribution < -0.4 is 15.1 Å². The van der Waals surface area contributed by atoms with E-state index >= 15 is 0 Å². The molecule has 0 aromatic heterocycles. The largest absolute Gasteiger partial charge is 0.371 e. The van der Waals surface area contributed by atoms with Crippen molar-refractivity contribution in [2.45, 2.75) is 39.5 Å². The molecule has 4 rings (SSSR count). The van der Waals surface area contributed by atoms with Gasteiger partial charge >= 0.3 is 0 Å². The van der Waals surface area contributed by atoms with Crippen LogP contribution in [0.3, 0.4) is 0 Å². The Labute approximate surface area is 172 Å². The average molecular weight is 392 g/mol. The van der Waals surface area contributed by atoms with E-state index in [1.807, 2.05) is 50.2 Å². The number of nitrogens with one attached hydrogen (secondary N) is 1. The minimum absolute atomic E-state index is 0.0147. The number of anilines is 3. The number of aryl methyl sites for hydroxylation is 1. The van der Waals surface area contributed by atoms with Crippen LogP contribution in [0, 0.1) is 19.8 Å². The van der Waals surface area contributed by atoms with Crippen molar-refractivity contribution in [3.05, 3.63) is 53.6 Å². The summed E-state index contributed by atoms with van der Waals surface area (Å²) in [6.45, 7) is 6.63. The van der Waals surface area contributed by atoms with Crippen LogP contribution in [0.15, 0.2) is 42.5 Å². The zero-order chi connectivity index (χ0) is 20.4. The van der Waals surface area contributed by atoms with Gasteiger partial charge in [0.15, 0.2) is 0 Å². The van der Waals surface area contributed by atoms with Crippen molar-refractivity contribution < 1.29 is 9.59 Å². The van der Waals surface area contributed by atoms with Gasteiger partial charge in [0.05, 0.1) is 5.92 Å². The molecule has 0 spiro atoms. The molecular weight excluding hydrogens is 362 g/mol. The van der Waals surface area contributed by atoms with Crippen LogP contribution in [0.2, 0.25) is 0 Å². The third kappa shape index (κ3) is 4.14. The lowest BCUT2D eigenvalue weighted by Gasteiger charge is -2.29. The fraction of sp³-hybridized carbons (Fsp3) is 0.417. The van der Waals surface area contributed by atoms with Crippen molar-refractivity contribution in [2.75, 3.05) is 34.8 Å². The van der Waals surface area contributed by atoms with Gasteiger partial charge in [-0.2, -0.15) is 0 Å². The number of piperidine rings is 1. The number of hydrogen-bond acceptors (Lipinski definition) is 3. The first kappa shape index (κ1) is 19.5. The van der Waals surface area contributed by atoms with Gasteiger partial charge in [0, 0.05) is 43.1 Å². The van der Waals surface area contributed by atoms with E-state index in [1.54, 1.807) is 4.90 Å². The van der Waals surface area contributed by atoms with Crippen molar-refractivity contribution in [3.8, 4) is 0 Å². The molecule has 29 heavy (non-hydrogen) atoms. The van der Waals surface area contributed by atoms with Gasteiger partial charge in [-0.15, -0.1) is 0 Å². The predicted molar refractivity (Wildman–Crippen MR) is 118 cm³/mol. The van der Waals surface area contributed by atoms with Crippen molar-refractivity contribution in [1.82, 2.24) is 0 Å². The molecule has 0 bridgehead atoms. The number of carbonyl (C=O) groups excluding carboxylic acids is 2. The van der Waals surface area contributed by atoms with Gasteiger partial charge in [0.1, 0.15) is 0 Å². The fourth-order valence-electron chi connectivity index (χ4n) is 4.32. The minimum Gasteiger partial charge on any atom is -0.371 e. The van der Waals surface area contributed by atoms with Crippen LogP contribution in [0.5, 0.6) is 0 Å². The third-order valence-electron chi connectivity index (χ3n) is 6.20. The monoisotopic (exact) mass is 391 g/mol. The van der Waals surface area contributed by atoms with Crippen molar-refractivity contribution in [3.63, 3.8) is 0 Å². The van der Waals surface area contributed by atoms with E-state index in [2.05, 4.69) is 16.3 Å². The molecule has 152 valence electrons. The van der Waals surface area contributed by atoms with E-state index in [0.717, 1.165) is 41.3 Å². The number of rotatable bonds is 4. The van der Waals surface area contributed by atoms with E-state index in [0.29, 0.717) is 6.54 Å². The van der Waals surface area contributed by atoms with Crippen molar-refractivity contribution >= 4 is 28.9 Å². The maximum absolute atomic E-state index is 12.9. The topological polar surface area (TPSA) is 52.7 Å². The van der Waals surface area contributed by atoms with E-state index in [1.165, 1.54) is 19.3 Å². The highest BCUT2D eigenvalue weighted by Crippen LogP contribution is 2.30. The third-order valence-corrected chi connectivity index (χ3v) is 6.20. The Bertz CT molecular complexity index is 918. The molecule has 2 saturated heterocycles. The first-order chi connectivity index (χ1) is 14.0. The lowest BCUT2D eigenvalue weighted by atomic mass is 10.1. The highest BCUT2D eigenvalue weighted by atomic mass is 16.2. The molecule has 2 aromatic carbocycles. The van der Waals surface area contributed by atoms with Gasteiger partial charge in [-0.1, -0.05) is 18.2 Å². The highest BCUT2D eigenvalue weighted by molar-refractivity contribution is 6.04. The van der Waals surface area contributed by atoms with Crippen LogP contribution >= 0.6 is 0 Å². The average Bonchev–Trinajstić information content (AvgIpc) is 3.12. The number of benzene rings is 2. The van der Waals surface area contributed by atoms with E-state index < -0.39 is 0 Å². The molecule has 1 N–H and O–H groups in total. The van der Waals surface area contributed by atoms with Gasteiger partial charge in [-0.25, -0.2) is 0 Å². The second kappa shape index (κ2) is 8.27. The number of carbonyl (C=O) groups is 2. The summed E-state index contributed by atoms with van der Waals surface area (Å²) in [5, 5.41) is 3.04. The summed E-state index contributed by atoms with van der Waals surface area (Å²) in [6.07, 6.45) is 3.98. The lowest BCUT2D eigenvalue weighted by Crippen LogP contribution is -2.30. The predicted octanol–water partition coefficient (Wildman–Crippen LogP) is 4.29. The summed E-state index contributed by atoms with van der Waals surface area (Å²) in [7, 11) is 0. The molecule has 0 radical (unpaired) electrons. The molecular formula is C24H29N3O2. The number of amides is 2. The normalized spacial score (nSPS) is 19.5. The van der Waals surface area contributed by atoms with Crippen molar-refractivity contribution in [2.24, 2.45) is 5.92 Å². The number of hydrogen-bond donors (Lipinski definition) is 1. The summed E-state index contributed by atoms with van der Waals surface area (Å²) in [5.74, 6) is -0.399. The summed E-state index contributed by atoms with van der Waals surface area (Å²) in [4.78, 5) is 29.6. The Kier molecular flexibility index (Phi) is 5.56. The molecule has 2 fully saturated rings. The molecule has 2 aliphatic rings. The highest BCUT2D eigenvalue weighted by Gasteiger charge is 2.35. The van der Waals surface area contributed by atoms with Crippen LogP contribution in [-0.2, 0) is 9.59 Å². The standard InChI is InChI=1S/C24H29N3O2/c1-17-8-6-11-22(18(17)2)27-16-19(14-23(27)28)24(29)25-20-9-7-10-21(15-20)26-12-4-3-5-13-26/h6-11,15,19H,3-5,12-14,16H2,1-2H3,(H,25,29). The zero-order valence-corrected chi connectivity index (χ0v) is 17.3. The Morgan fingerprint density at radius 2 is 1.79 bits per heavy atom. The van der Waals surface area contributed by atoms with Gasteiger partial charge in [-0.05, 0) is 68.5 Å². The second-order valence-corrected chi connectivity index (χ2v) is 8.21. The maximum atomic E-state index is 12.9. The molecule has 5 nitrogen and oxygen atoms in total. The molecule has 2 aromatic rings. The van der Waals surface area contributed by atoms with Crippen LogP contribution in [0.25, 0.3) is 0 Å². The minimum atomic E-state index is -0.332. The van der Waals surface area contributed by atoms with Crippen LogP contribution in [0.1, 0.15) is 36.8 Å². The Balaban J connectivity index is 1.44. The van der Waals surface area contributed by atoms with Crippen molar-refractivity contribution in [1.29, 1.82) is 0 Å². The van der Waals surface area contributed by atoms with E-state index in [-0.39, 0.29) is 24.2 Å². The summed E-state index contributed by atoms with van der Waals surface area (Å²) in [5.41, 5.74) is 5.11. The molecule has 2 amide bonds. The van der Waals surface area contributed by atoms with E-state index in [4.69, 9.17) is 0 Å². The Morgan fingerprint density at radius 3 is 2.59 bits per heavy atom.